The van der Waals surface area contributed by atoms with Gasteiger partial charge in [0.2, 0.25) is 10.0 Å². The number of aliphatic hydroxyl groups excluding tert-OH is 1. The van der Waals surface area contributed by atoms with Crippen molar-refractivity contribution in [3.8, 4) is 11.1 Å². The van der Waals surface area contributed by atoms with Gasteiger partial charge in [-0.3, -0.25) is 0 Å². The highest BCUT2D eigenvalue weighted by molar-refractivity contribution is 7.89. The third kappa shape index (κ3) is 2.59. The average molecular weight is 263 g/mol. The lowest BCUT2D eigenvalue weighted by Crippen LogP contribution is -2.13. The largest absolute Gasteiger partial charge is 0.392 e. The van der Waals surface area contributed by atoms with E-state index in [-0.39, 0.29) is 11.5 Å². The van der Waals surface area contributed by atoms with Crippen molar-refractivity contribution in [3.63, 3.8) is 0 Å². The third-order valence-electron chi connectivity index (χ3n) is 2.64. The maximum Gasteiger partial charge on any atom is 0.238 e. The van der Waals surface area contributed by atoms with Crippen molar-refractivity contribution in [1.29, 1.82) is 0 Å². The first-order chi connectivity index (χ1) is 8.52. The summed E-state index contributed by atoms with van der Waals surface area (Å²) in [7, 11) is -3.75. The Morgan fingerprint density at radius 3 is 2.17 bits per heavy atom. The van der Waals surface area contributed by atoms with Gasteiger partial charge in [0.1, 0.15) is 0 Å². The van der Waals surface area contributed by atoms with Crippen LogP contribution >= 0.6 is 0 Å². The van der Waals surface area contributed by atoms with Crippen molar-refractivity contribution in [3.05, 3.63) is 54.1 Å². The van der Waals surface area contributed by atoms with Gasteiger partial charge in [0, 0.05) is 5.56 Å². The van der Waals surface area contributed by atoms with Crippen molar-refractivity contribution in [2.24, 2.45) is 5.14 Å². The number of hydrogen-bond acceptors (Lipinski definition) is 3. The van der Waals surface area contributed by atoms with Crippen LogP contribution in [-0.2, 0) is 16.6 Å². The summed E-state index contributed by atoms with van der Waals surface area (Å²) in [4.78, 5) is 0.0988. The third-order valence-corrected chi connectivity index (χ3v) is 3.61. The Morgan fingerprint density at radius 2 is 1.61 bits per heavy atom. The van der Waals surface area contributed by atoms with Gasteiger partial charge in [-0.25, -0.2) is 13.6 Å². The maximum atomic E-state index is 11.5. The molecule has 3 N–H and O–H groups in total. The lowest BCUT2D eigenvalue weighted by molar-refractivity contribution is 0.282. The Morgan fingerprint density at radius 1 is 1.00 bits per heavy atom. The number of benzene rings is 2. The summed E-state index contributed by atoms with van der Waals surface area (Å²) in [5, 5.41) is 14.2. The van der Waals surface area contributed by atoms with E-state index in [1.165, 1.54) is 6.07 Å². The molecule has 18 heavy (non-hydrogen) atoms. The molecule has 0 aromatic heterocycles. The van der Waals surface area contributed by atoms with Crippen LogP contribution in [0.15, 0.2) is 53.4 Å². The number of nitrogens with two attached hydrogens (primary N) is 1. The first-order valence-corrected chi connectivity index (χ1v) is 6.89. The summed E-state index contributed by atoms with van der Waals surface area (Å²) in [6.45, 7) is -0.0445. The van der Waals surface area contributed by atoms with Crippen LogP contribution < -0.4 is 5.14 Å². The van der Waals surface area contributed by atoms with Gasteiger partial charge in [-0.05, 0) is 17.2 Å². The van der Waals surface area contributed by atoms with E-state index in [0.29, 0.717) is 5.56 Å². The van der Waals surface area contributed by atoms with Crippen molar-refractivity contribution in [2.45, 2.75) is 11.5 Å². The van der Waals surface area contributed by atoms with Gasteiger partial charge in [0.15, 0.2) is 0 Å². The van der Waals surface area contributed by atoms with Crippen LogP contribution in [0.5, 0.6) is 0 Å². The number of rotatable bonds is 3. The van der Waals surface area contributed by atoms with Crippen molar-refractivity contribution in [1.82, 2.24) is 0 Å². The van der Waals surface area contributed by atoms with E-state index in [4.69, 9.17) is 10.2 Å². The van der Waals surface area contributed by atoms with E-state index in [1.54, 1.807) is 42.5 Å². The Kier molecular flexibility index (Phi) is 3.47. The van der Waals surface area contributed by atoms with Crippen LogP contribution in [0.1, 0.15) is 5.56 Å². The average Bonchev–Trinajstić information content (AvgIpc) is 2.38. The molecule has 0 saturated carbocycles. The molecule has 5 heteroatoms. The zero-order chi connectivity index (χ0) is 13.2. The summed E-state index contributed by atoms with van der Waals surface area (Å²) < 4.78 is 23.0. The molecule has 0 aliphatic rings. The summed E-state index contributed by atoms with van der Waals surface area (Å²) in [5.41, 5.74) is 2.08. The molecule has 0 amide bonds. The zero-order valence-electron chi connectivity index (χ0n) is 9.58. The molecule has 0 aliphatic carbocycles. The van der Waals surface area contributed by atoms with Gasteiger partial charge in [-0.2, -0.15) is 0 Å². The summed E-state index contributed by atoms with van der Waals surface area (Å²) in [6, 6.07) is 13.6. The number of primary sulfonamides is 1. The standard InChI is InChI=1S/C13H13NO3S/c14-18(16,17)13-4-2-1-3-12(13)11-7-5-10(9-15)6-8-11/h1-8,15H,9H2,(H2,14,16,17). The molecule has 2 aromatic rings. The SMILES string of the molecule is NS(=O)(=O)c1ccccc1-c1ccc(CO)cc1. The van der Waals surface area contributed by atoms with Gasteiger partial charge in [-0.15, -0.1) is 0 Å². The molecular formula is C13H13NO3S. The smallest absolute Gasteiger partial charge is 0.238 e. The molecular weight excluding hydrogens is 250 g/mol. The quantitative estimate of drug-likeness (QED) is 0.880. The predicted octanol–water partition coefficient (Wildman–Crippen LogP) is 1.49. The molecule has 0 unspecified atom stereocenters. The Bertz CT molecular complexity index is 648. The van der Waals surface area contributed by atoms with Gasteiger partial charge >= 0.3 is 0 Å². The highest BCUT2D eigenvalue weighted by atomic mass is 32.2. The molecule has 4 nitrogen and oxygen atoms in total. The highest BCUT2D eigenvalue weighted by Gasteiger charge is 2.14. The topological polar surface area (TPSA) is 80.4 Å². The van der Waals surface area contributed by atoms with Gasteiger partial charge in [0.25, 0.3) is 0 Å². The molecule has 2 aromatic carbocycles. The lowest BCUT2D eigenvalue weighted by atomic mass is 10.0. The van der Waals surface area contributed by atoms with E-state index in [9.17, 15) is 8.42 Å². The molecule has 0 radical (unpaired) electrons. The molecule has 0 heterocycles. The number of aliphatic hydroxyl groups is 1. The van der Waals surface area contributed by atoms with Crippen molar-refractivity contribution < 1.29 is 13.5 Å². The Labute approximate surface area is 106 Å². The van der Waals surface area contributed by atoms with E-state index in [2.05, 4.69) is 0 Å². The maximum absolute atomic E-state index is 11.5. The molecule has 0 saturated heterocycles. The highest BCUT2D eigenvalue weighted by Crippen LogP contribution is 2.26. The number of sulfonamides is 1. The van der Waals surface area contributed by atoms with Gasteiger partial charge in [0.05, 0.1) is 11.5 Å². The van der Waals surface area contributed by atoms with Crippen LogP contribution in [0.25, 0.3) is 11.1 Å². The van der Waals surface area contributed by atoms with Crippen LogP contribution in [0.3, 0.4) is 0 Å². The second-order valence-corrected chi connectivity index (χ2v) is 5.43. The molecule has 94 valence electrons. The van der Waals surface area contributed by atoms with E-state index in [0.717, 1.165) is 11.1 Å². The van der Waals surface area contributed by atoms with E-state index in [1.807, 2.05) is 0 Å². The molecule has 2 rings (SSSR count). The first-order valence-electron chi connectivity index (χ1n) is 5.34. The number of hydrogen-bond donors (Lipinski definition) is 2. The first kappa shape index (κ1) is 12.8. The molecule has 0 spiro atoms. The minimum atomic E-state index is -3.75. The fraction of sp³-hybridized carbons (Fsp3) is 0.0769. The fourth-order valence-corrected chi connectivity index (χ4v) is 2.50. The molecule has 0 aliphatic heterocycles. The van der Waals surface area contributed by atoms with Gasteiger partial charge in [-0.1, -0.05) is 42.5 Å². The van der Waals surface area contributed by atoms with Crippen molar-refractivity contribution in [2.75, 3.05) is 0 Å². The van der Waals surface area contributed by atoms with Crippen LogP contribution in [0.4, 0.5) is 0 Å². The second-order valence-electron chi connectivity index (χ2n) is 3.90. The minimum Gasteiger partial charge on any atom is -0.392 e. The lowest BCUT2D eigenvalue weighted by Gasteiger charge is -2.08. The molecule has 0 bridgehead atoms. The second kappa shape index (κ2) is 4.89. The summed E-state index contributed by atoms with van der Waals surface area (Å²) >= 11 is 0. The minimum absolute atomic E-state index is 0.0445. The monoisotopic (exact) mass is 263 g/mol. The Hall–Kier alpha value is -1.69. The molecule has 0 fully saturated rings. The van der Waals surface area contributed by atoms with E-state index >= 15 is 0 Å². The zero-order valence-corrected chi connectivity index (χ0v) is 10.4. The van der Waals surface area contributed by atoms with Crippen molar-refractivity contribution >= 4 is 10.0 Å². The van der Waals surface area contributed by atoms with E-state index < -0.39 is 10.0 Å². The molecule has 0 atom stereocenters. The van der Waals surface area contributed by atoms with Crippen LogP contribution in [0.2, 0.25) is 0 Å². The Balaban J connectivity index is 2.57. The van der Waals surface area contributed by atoms with Gasteiger partial charge < -0.3 is 5.11 Å². The normalized spacial score (nSPS) is 11.4. The predicted molar refractivity (Wildman–Crippen MR) is 69.2 cm³/mol. The summed E-state index contributed by atoms with van der Waals surface area (Å²) in [6.07, 6.45) is 0. The van der Waals surface area contributed by atoms with Crippen LogP contribution in [-0.4, -0.2) is 13.5 Å². The fourth-order valence-electron chi connectivity index (χ4n) is 1.74. The van der Waals surface area contributed by atoms with Crippen LogP contribution in [0, 0.1) is 0 Å². The summed E-state index contributed by atoms with van der Waals surface area (Å²) in [5.74, 6) is 0.